The Morgan fingerprint density at radius 3 is 1.91 bits per heavy atom. The summed E-state index contributed by atoms with van der Waals surface area (Å²) in [6.45, 7) is 3.95. The molecule has 2 aromatic heterocycles. The number of carbonyl (C=O) groups excluding carboxylic acids is 2. The van der Waals surface area contributed by atoms with Gasteiger partial charge in [0.2, 0.25) is 5.75 Å². The molecule has 6 rings (SSSR count). The molecule has 2 heterocycles. The van der Waals surface area contributed by atoms with Gasteiger partial charge in [0.15, 0.2) is 34.3 Å². The van der Waals surface area contributed by atoms with Crippen LogP contribution in [0.5, 0.6) is 28.9 Å². The second-order valence-corrected chi connectivity index (χ2v) is 17.3. The molecule has 5 N–H and O–H groups in total. The minimum Gasteiger partial charge on any atom is -0.497 e. The van der Waals surface area contributed by atoms with Crippen LogP contribution in [0.1, 0.15) is 58.2 Å². The molecule has 69 heavy (non-hydrogen) atoms. The minimum absolute atomic E-state index is 0.0192. The van der Waals surface area contributed by atoms with Gasteiger partial charge < -0.3 is 28.4 Å². The molecular weight excluding hydrogens is 925 g/mol. The van der Waals surface area contributed by atoms with Crippen molar-refractivity contribution >= 4 is 27.8 Å². The molecule has 364 valence electrons. The van der Waals surface area contributed by atoms with Crippen molar-refractivity contribution in [3.63, 3.8) is 0 Å². The van der Waals surface area contributed by atoms with Gasteiger partial charge in [-0.2, -0.15) is 13.4 Å². The van der Waals surface area contributed by atoms with Gasteiger partial charge in [0.05, 0.1) is 49.3 Å². The first-order chi connectivity index (χ1) is 32.9. The lowest BCUT2D eigenvalue weighted by molar-refractivity contribution is -0.497. The second kappa shape index (κ2) is 23.1. The normalized spacial score (nSPS) is 12.0. The third-order valence-electron chi connectivity index (χ3n) is 9.67. The van der Waals surface area contributed by atoms with Gasteiger partial charge in [-0.15, -0.1) is 0 Å². The average Bonchev–Trinajstić information content (AvgIpc) is 3.34. The monoisotopic (exact) mass is 972 g/mol. The summed E-state index contributed by atoms with van der Waals surface area (Å²) >= 11 is 0. The zero-order chi connectivity index (χ0) is 49.7. The summed E-state index contributed by atoms with van der Waals surface area (Å²) in [5.41, 5.74) is 1.53. The number of aromatic nitrogens is 3. The van der Waals surface area contributed by atoms with E-state index in [4.69, 9.17) is 49.3 Å². The molecule has 22 nitrogen and oxygen atoms in total. The Balaban J connectivity index is 1.41. The topological polar surface area (TPSA) is 280 Å². The molecule has 23 heteroatoms. The van der Waals surface area contributed by atoms with E-state index in [1.807, 2.05) is 20.8 Å². The van der Waals surface area contributed by atoms with Crippen LogP contribution in [0.15, 0.2) is 120 Å². The van der Waals surface area contributed by atoms with Gasteiger partial charge in [-0.25, -0.2) is 29.2 Å². The number of carbonyl (C=O) groups is 2. The minimum atomic E-state index is -4.52. The van der Waals surface area contributed by atoms with E-state index in [0.717, 1.165) is 5.56 Å². The highest BCUT2D eigenvalue weighted by Gasteiger charge is 2.29. The molecule has 0 amide bonds. The maximum Gasteiger partial charge on any atom is 0.338 e. The van der Waals surface area contributed by atoms with E-state index in [-0.39, 0.29) is 63.7 Å². The maximum absolute atomic E-state index is 14.2. The van der Waals surface area contributed by atoms with Crippen LogP contribution >= 0.6 is 0 Å². The number of methoxy groups -OCH3 is 2. The lowest BCUT2D eigenvalue weighted by Crippen LogP contribution is -2.31. The first kappa shape index (κ1) is 51.1. The van der Waals surface area contributed by atoms with Crippen molar-refractivity contribution in [2.24, 2.45) is 0 Å². The molecule has 0 spiro atoms. The summed E-state index contributed by atoms with van der Waals surface area (Å²) in [6, 6.07) is 27.6. The smallest absolute Gasteiger partial charge is 0.338 e. The van der Waals surface area contributed by atoms with E-state index in [2.05, 4.69) is 29.3 Å². The van der Waals surface area contributed by atoms with Crippen LogP contribution in [0.3, 0.4) is 0 Å². The zero-order valence-corrected chi connectivity index (χ0v) is 38.5. The van der Waals surface area contributed by atoms with E-state index in [1.165, 1.54) is 68.9 Å². The van der Waals surface area contributed by atoms with Gasteiger partial charge in [-0.3, -0.25) is 25.6 Å². The molecule has 1 unspecified atom stereocenters. The Labute approximate surface area is 395 Å². The van der Waals surface area contributed by atoms with Gasteiger partial charge in [0, 0.05) is 11.8 Å². The number of anilines is 1. The van der Waals surface area contributed by atoms with Gasteiger partial charge in [-0.05, 0) is 88.8 Å². The van der Waals surface area contributed by atoms with Crippen molar-refractivity contribution in [3.05, 3.63) is 143 Å². The standard InChI is InChI=1S/C46H48N6O16S/c1-46(2,3)34-18-21-39(47-24-34)69(59,60)50-42-40(68-38-15-7-6-14-37(38)62-5)43(49-41(48-42)31-16-19-35(61-4)20-17-31)63-27-36(67-45(54)33-13-9-11-30(23-33)26-66-52(57)58)28-64-44(53)32-12-8-10-29(22-32)25-65-51(55)56/h6-24,36,55-58H,25-28H2,1-5H3,(H,48,49,50). The third-order valence-corrected chi connectivity index (χ3v) is 10.9. The van der Waals surface area contributed by atoms with E-state index in [1.54, 1.807) is 60.7 Å². The summed E-state index contributed by atoms with van der Waals surface area (Å²) in [5, 5.41) is 34.7. The molecule has 0 aliphatic heterocycles. The zero-order valence-electron chi connectivity index (χ0n) is 37.7. The van der Waals surface area contributed by atoms with Crippen LogP contribution in [0.25, 0.3) is 11.4 Å². The van der Waals surface area contributed by atoms with E-state index < -0.39 is 57.9 Å². The highest BCUT2D eigenvalue weighted by Crippen LogP contribution is 2.42. The summed E-state index contributed by atoms with van der Waals surface area (Å²) < 4.78 is 65.7. The largest absolute Gasteiger partial charge is 0.497 e. The molecule has 0 saturated heterocycles. The number of nitrogens with zero attached hydrogens (tertiary/aromatic N) is 5. The Morgan fingerprint density at radius 2 is 1.35 bits per heavy atom. The molecular formula is C46H48N6O16S. The number of benzene rings is 4. The third kappa shape index (κ3) is 14.3. The number of rotatable bonds is 22. The van der Waals surface area contributed by atoms with Crippen molar-refractivity contribution in [2.45, 2.75) is 50.5 Å². The molecule has 0 saturated carbocycles. The number of sulfonamides is 1. The van der Waals surface area contributed by atoms with Crippen LogP contribution in [0.2, 0.25) is 0 Å². The van der Waals surface area contributed by atoms with E-state index in [0.29, 0.717) is 22.4 Å². The number of para-hydroxylation sites is 2. The average molecular weight is 973 g/mol. The fraction of sp³-hybridized carbons (Fsp3) is 0.239. The van der Waals surface area contributed by atoms with Crippen molar-refractivity contribution in [1.82, 2.24) is 25.7 Å². The van der Waals surface area contributed by atoms with Gasteiger partial charge in [0.1, 0.15) is 19.0 Å². The van der Waals surface area contributed by atoms with Gasteiger partial charge in [0.25, 0.3) is 15.9 Å². The number of hydrogen-bond donors (Lipinski definition) is 5. The summed E-state index contributed by atoms with van der Waals surface area (Å²) in [6.07, 6.45) is 0.0276. The molecule has 0 aliphatic rings. The van der Waals surface area contributed by atoms with E-state index in [9.17, 15) is 18.0 Å². The summed E-state index contributed by atoms with van der Waals surface area (Å²) in [7, 11) is -1.63. The van der Waals surface area contributed by atoms with Crippen LogP contribution in [-0.4, -0.2) is 100 Å². The highest BCUT2D eigenvalue weighted by atomic mass is 32.2. The SMILES string of the molecule is COc1ccc(-c2nc(NS(=O)(=O)c3ccc(C(C)(C)C)cn3)c(Oc3ccccc3OC)c(OCC(COC(=O)c3cccc(CON(O)O)c3)OC(=O)c3cccc(CON(O)O)c3)n2)cc1. The van der Waals surface area contributed by atoms with Crippen molar-refractivity contribution in [3.8, 4) is 40.3 Å². The number of pyridine rings is 1. The van der Waals surface area contributed by atoms with Crippen molar-refractivity contribution < 1.29 is 76.9 Å². The first-order valence-corrected chi connectivity index (χ1v) is 22.1. The molecule has 0 aliphatic carbocycles. The highest BCUT2D eigenvalue weighted by molar-refractivity contribution is 7.92. The fourth-order valence-corrected chi connectivity index (χ4v) is 7.07. The summed E-state index contributed by atoms with van der Waals surface area (Å²) in [5.74, 6) is -2.22. The first-order valence-electron chi connectivity index (χ1n) is 20.6. The predicted octanol–water partition coefficient (Wildman–Crippen LogP) is 6.93. The van der Waals surface area contributed by atoms with Gasteiger partial charge in [-0.1, -0.05) is 63.2 Å². The Hall–Kier alpha value is -7.32. The number of nitrogens with one attached hydrogen (secondary N) is 1. The molecule has 0 fully saturated rings. The van der Waals surface area contributed by atoms with Crippen LogP contribution in [0, 0.1) is 0 Å². The maximum atomic E-state index is 14.2. The molecule has 4 aromatic carbocycles. The molecule has 6 aromatic rings. The van der Waals surface area contributed by atoms with Crippen molar-refractivity contribution in [2.75, 3.05) is 32.2 Å². The number of ether oxygens (including phenoxy) is 6. The molecule has 0 bridgehead atoms. The lowest BCUT2D eigenvalue weighted by atomic mass is 9.88. The quantitative estimate of drug-likeness (QED) is 0.0340. The Morgan fingerprint density at radius 1 is 0.725 bits per heavy atom. The van der Waals surface area contributed by atoms with Crippen LogP contribution < -0.4 is 23.7 Å². The number of esters is 2. The Bertz CT molecular complexity index is 2810. The second-order valence-electron chi connectivity index (χ2n) is 15.6. The number of hydrogen-bond acceptors (Lipinski definition) is 21. The molecule has 0 radical (unpaired) electrons. The van der Waals surface area contributed by atoms with Crippen LogP contribution in [0.4, 0.5) is 5.82 Å². The van der Waals surface area contributed by atoms with Crippen molar-refractivity contribution in [1.29, 1.82) is 0 Å². The van der Waals surface area contributed by atoms with Gasteiger partial charge >= 0.3 is 11.9 Å². The fourth-order valence-electron chi connectivity index (χ4n) is 6.13. The predicted molar refractivity (Wildman–Crippen MR) is 239 cm³/mol. The Kier molecular flexibility index (Phi) is 17.1. The lowest BCUT2D eigenvalue weighted by Gasteiger charge is -2.21. The summed E-state index contributed by atoms with van der Waals surface area (Å²) in [4.78, 5) is 50.0. The molecule has 1 atom stereocenters. The van der Waals surface area contributed by atoms with Crippen LogP contribution in [-0.2, 0) is 47.8 Å². The van der Waals surface area contributed by atoms with E-state index >= 15 is 0 Å².